The standard InChI is InChI=1S/C23H31N3O4/c1-15(2)4-3-5-21(28)25-11-16-10-17(13-25)20-7-6-19(23(30)26(20)12-16)22(29)24-9-8-18(27)14-24/h4,6-7,16-18,27H,3,5,8-14H2,1-2H3/t16-,17+,18+/m0/s1. The monoisotopic (exact) mass is 413 g/mol. The Labute approximate surface area is 177 Å². The number of aromatic nitrogens is 1. The van der Waals surface area contributed by atoms with Crippen LogP contribution < -0.4 is 5.56 Å². The molecule has 7 nitrogen and oxygen atoms in total. The van der Waals surface area contributed by atoms with E-state index < -0.39 is 6.10 Å². The van der Waals surface area contributed by atoms with Crippen LogP contribution >= 0.6 is 0 Å². The second-order valence-electron chi connectivity index (χ2n) is 9.20. The molecule has 1 N–H and O–H groups in total. The molecule has 2 bridgehead atoms. The number of carbonyl (C=O) groups is 2. The van der Waals surface area contributed by atoms with Crippen molar-refractivity contribution in [3.05, 3.63) is 45.4 Å². The fraction of sp³-hybridized carbons (Fsp3) is 0.609. The van der Waals surface area contributed by atoms with Gasteiger partial charge in [0.15, 0.2) is 0 Å². The summed E-state index contributed by atoms with van der Waals surface area (Å²) in [5, 5.41) is 9.70. The molecule has 4 rings (SSSR count). The van der Waals surface area contributed by atoms with Crippen LogP contribution in [-0.2, 0) is 11.3 Å². The molecule has 3 atom stereocenters. The van der Waals surface area contributed by atoms with Crippen molar-refractivity contribution < 1.29 is 14.7 Å². The number of likely N-dealkylation sites (tertiary alicyclic amines) is 2. The van der Waals surface area contributed by atoms with E-state index in [-0.39, 0.29) is 41.3 Å². The van der Waals surface area contributed by atoms with E-state index in [4.69, 9.17) is 0 Å². The Hall–Kier alpha value is -2.41. The third-order valence-corrected chi connectivity index (χ3v) is 6.55. The maximum atomic E-state index is 13.1. The van der Waals surface area contributed by atoms with E-state index in [1.54, 1.807) is 15.5 Å². The van der Waals surface area contributed by atoms with E-state index in [0.29, 0.717) is 39.0 Å². The molecule has 3 aliphatic heterocycles. The van der Waals surface area contributed by atoms with E-state index >= 15 is 0 Å². The minimum absolute atomic E-state index is 0.135. The average molecular weight is 414 g/mol. The number of hydrogen-bond acceptors (Lipinski definition) is 4. The lowest BCUT2D eigenvalue weighted by molar-refractivity contribution is -0.133. The van der Waals surface area contributed by atoms with Crippen molar-refractivity contribution in [2.45, 2.75) is 58.1 Å². The molecule has 0 spiro atoms. The molecule has 2 amide bonds. The number of fused-ring (bicyclic) bond motifs is 4. The van der Waals surface area contributed by atoms with Crippen LogP contribution in [0.5, 0.6) is 0 Å². The zero-order valence-corrected chi connectivity index (χ0v) is 17.8. The molecule has 30 heavy (non-hydrogen) atoms. The molecule has 1 aromatic rings. The molecule has 7 heteroatoms. The van der Waals surface area contributed by atoms with Gasteiger partial charge in [-0.3, -0.25) is 14.4 Å². The summed E-state index contributed by atoms with van der Waals surface area (Å²) >= 11 is 0. The summed E-state index contributed by atoms with van der Waals surface area (Å²) in [6.45, 7) is 6.70. The SMILES string of the molecule is CC(C)=CCCC(=O)N1C[C@@H]2C[C@H](C1)c1ccc(C(=O)N3CC[C@@H](O)C3)c(=O)n1C2. The molecule has 162 valence electrons. The van der Waals surface area contributed by atoms with Crippen molar-refractivity contribution in [1.82, 2.24) is 14.4 Å². The van der Waals surface area contributed by atoms with Crippen molar-refractivity contribution in [1.29, 1.82) is 0 Å². The normalized spacial score (nSPS) is 25.1. The highest BCUT2D eigenvalue weighted by Crippen LogP contribution is 2.35. The summed E-state index contributed by atoms with van der Waals surface area (Å²) in [5.74, 6) is 0.256. The number of piperidine rings is 1. The highest BCUT2D eigenvalue weighted by atomic mass is 16.3. The molecule has 2 fully saturated rings. The minimum atomic E-state index is -0.506. The molecular formula is C23H31N3O4. The molecule has 0 aliphatic carbocycles. The lowest BCUT2D eigenvalue weighted by Crippen LogP contribution is -2.49. The molecular weight excluding hydrogens is 382 g/mol. The first-order chi connectivity index (χ1) is 14.3. The Kier molecular flexibility index (Phi) is 5.82. The van der Waals surface area contributed by atoms with Crippen molar-refractivity contribution in [3.63, 3.8) is 0 Å². The van der Waals surface area contributed by atoms with Gasteiger partial charge in [0.25, 0.3) is 11.5 Å². The molecule has 3 aliphatic rings. The Balaban J connectivity index is 1.51. The van der Waals surface area contributed by atoms with Gasteiger partial charge in [0.1, 0.15) is 5.56 Å². The number of pyridine rings is 1. The van der Waals surface area contributed by atoms with Gasteiger partial charge in [0.2, 0.25) is 5.91 Å². The van der Waals surface area contributed by atoms with Gasteiger partial charge in [-0.05, 0) is 51.2 Å². The number of allylic oxidation sites excluding steroid dienone is 2. The fourth-order valence-corrected chi connectivity index (χ4v) is 5.05. The topological polar surface area (TPSA) is 82.9 Å². The van der Waals surface area contributed by atoms with Gasteiger partial charge in [0.05, 0.1) is 6.10 Å². The lowest BCUT2D eigenvalue weighted by atomic mass is 9.82. The average Bonchev–Trinajstić information content (AvgIpc) is 3.14. The predicted molar refractivity (Wildman–Crippen MR) is 113 cm³/mol. The Morgan fingerprint density at radius 2 is 1.93 bits per heavy atom. The van der Waals surface area contributed by atoms with Gasteiger partial charge in [-0.1, -0.05) is 11.6 Å². The molecule has 0 saturated carbocycles. The highest BCUT2D eigenvalue weighted by molar-refractivity contribution is 5.94. The van der Waals surface area contributed by atoms with Gasteiger partial charge >= 0.3 is 0 Å². The van der Waals surface area contributed by atoms with Gasteiger partial charge in [0, 0.05) is 50.8 Å². The van der Waals surface area contributed by atoms with Gasteiger partial charge < -0.3 is 19.5 Å². The molecule has 1 aromatic heterocycles. The molecule has 0 unspecified atom stereocenters. The van der Waals surface area contributed by atoms with Crippen LogP contribution in [0.1, 0.15) is 61.5 Å². The van der Waals surface area contributed by atoms with Crippen LogP contribution in [0.3, 0.4) is 0 Å². The number of aliphatic hydroxyl groups is 1. The number of hydrogen-bond donors (Lipinski definition) is 1. The third kappa shape index (κ3) is 4.08. The Bertz CT molecular complexity index is 931. The molecule has 0 radical (unpaired) electrons. The van der Waals surface area contributed by atoms with E-state index in [1.165, 1.54) is 5.57 Å². The second-order valence-corrected chi connectivity index (χ2v) is 9.20. The van der Waals surface area contributed by atoms with E-state index in [9.17, 15) is 19.5 Å². The maximum Gasteiger partial charge on any atom is 0.263 e. The number of rotatable bonds is 4. The van der Waals surface area contributed by atoms with Crippen LogP contribution in [0.15, 0.2) is 28.6 Å². The largest absolute Gasteiger partial charge is 0.391 e. The predicted octanol–water partition coefficient (Wildman–Crippen LogP) is 1.75. The summed E-state index contributed by atoms with van der Waals surface area (Å²) in [6, 6.07) is 3.52. The zero-order valence-electron chi connectivity index (χ0n) is 17.8. The smallest absolute Gasteiger partial charge is 0.263 e. The first-order valence-corrected chi connectivity index (χ1v) is 11.0. The lowest BCUT2D eigenvalue weighted by Gasteiger charge is -2.43. The first kappa shape index (κ1) is 20.8. The summed E-state index contributed by atoms with van der Waals surface area (Å²) in [7, 11) is 0. The van der Waals surface area contributed by atoms with Crippen LogP contribution in [0, 0.1) is 5.92 Å². The summed E-state index contributed by atoms with van der Waals surface area (Å²) in [4.78, 5) is 42.1. The Morgan fingerprint density at radius 1 is 1.13 bits per heavy atom. The molecule has 0 aromatic carbocycles. The first-order valence-electron chi connectivity index (χ1n) is 11.0. The zero-order chi connectivity index (χ0) is 21.4. The van der Waals surface area contributed by atoms with Crippen LogP contribution in [-0.4, -0.2) is 63.6 Å². The van der Waals surface area contributed by atoms with Crippen molar-refractivity contribution >= 4 is 11.8 Å². The maximum absolute atomic E-state index is 13.1. The van der Waals surface area contributed by atoms with Crippen LogP contribution in [0.2, 0.25) is 0 Å². The van der Waals surface area contributed by atoms with Gasteiger partial charge in [-0.2, -0.15) is 0 Å². The molecule has 2 saturated heterocycles. The third-order valence-electron chi connectivity index (χ3n) is 6.55. The summed E-state index contributed by atoms with van der Waals surface area (Å²) in [6.07, 6.45) is 4.40. The summed E-state index contributed by atoms with van der Waals surface area (Å²) in [5.41, 5.74) is 2.09. The van der Waals surface area contributed by atoms with Crippen molar-refractivity contribution in [2.24, 2.45) is 5.92 Å². The second kappa shape index (κ2) is 8.38. The number of nitrogens with zero attached hydrogens (tertiary/aromatic N) is 3. The minimum Gasteiger partial charge on any atom is -0.391 e. The quantitative estimate of drug-likeness (QED) is 0.763. The van der Waals surface area contributed by atoms with Crippen molar-refractivity contribution in [2.75, 3.05) is 26.2 Å². The van der Waals surface area contributed by atoms with Crippen LogP contribution in [0.4, 0.5) is 0 Å². The van der Waals surface area contributed by atoms with E-state index in [1.807, 2.05) is 24.8 Å². The van der Waals surface area contributed by atoms with Crippen LogP contribution in [0.25, 0.3) is 0 Å². The Morgan fingerprint density at radius 3 is 2.63 bits per heavy atom. The van der Waals surface area contributed by atoms with E-state index in [2.05, 4.69) is 6.08 Å². The molecule has 4 heterocycles. The van der Waals surface area contributed by atoms with Gasteiger partial charge in [-0.15, -0.1) is 0 Å². The fourth-order valence-electron chi connectivity index (χ4n) is 5.05. The number of β-amino-alcohol motifs (C(OH)–C–C–N with tert-alkyl or cyclic N) is 1. The summed E-state index contributed by atoms with van der Waals surface area (Å²) < 4.78 is 1.75. The number of carbonyl (C=O) groups excluding carboxylic acids is 2. The number of aliphatic hydroxyl groups excluding tert-OH is 1. The van der Waals surface area contributed by atoms with Gasteiger partial charge in [-0.25, -0.2) is 0 Å². The number of amides is 2. The highest BCUT2D eigenvalue weighted by Gasteiger charge is 2.37. The van der Waals surface area contributed by atoms with E-state index in [0.717, 1.165) is 18.5 Å². The van der Waals surface area contributed by atoms with Crippen molar-refractivity contribution in [3.8, 4) is 0 Å².